The van der Waals surface area contributed by atoms with Crippen LogP contribution in [0.15, 0.2) is 29.4 Å². The number of nitrogens with zero attached hydrogens (tertiary/aromatic N) is 2. The summed E-state index contributed by atoms with van der Waals surface area (Å²) in [5.74, 6) is -1.31. The Bertz CT molecular complexity index is 841. The number of nitrogens with one attached hydrogen (secondary N) is 1. The zero-order valence-electron chi connectivity index (χ0n) is 12.7. The molecule has 23 heavy (non-hydrogen) atoms. The first kappa shape index (κ1) is 17.5. The number of hydrogen-bond donors (Lipinski definition) is 2. The van der Waals surface area contributed by atoms with Gasteiger partial charge in [0.25, 0.3) is 10.0 Å². The Hall–Kier alpha value is -1.90. The van der Waals surface area contributed by atoms with Gasteiger partial charge in [0.15, 0.2) is 5.03 Å². The van der Waals surface area contributed by atoms with E-state index in [1.165, 1.54) is 30.1 Å². The minimum atomic E-state index is -4.06. The molecular weight excluding hydrogens is 342 g/mol. The van der Waals surface area contributed by atoms with E-state index in [1.54, 1.807) is 19.9 Å². The van der Waals surface area contributed by atoms with Gasteiger partial charge < -0.3 is 5.11 Å². The van der Waals surface area contributed by atoms with Gasteiger partial charge in [0.1, 0.15) is 6.04 Å². The van der Waals surface area contributed by atoms with Gasteiger partial charge in [-0.25, -0.2) is 8.42 Å². The van der Waals surface area contributed by atoms with Crippen LogP contribution in [0.2, 0.25) is 5.02 Å². The summed E-state index contributed by atoms with van der Waals surface area (Å²) in [6.45, 7) is 3.30. The smallest absolute Gasteiger partial charge is 0.326 e. The van der Waals surface area contributed by atoms with Gasteiger partial charge in [-0.1, -0.05) is 23.7 Å². The van der Waals surface area contributed by atoms with Crippen molar-refractivity contribution in [2.24, 2.45) is 7.05 Å². The average Bonchev–Trinajstić information content (AvgIpc) is 2.79. The molecule has 0 bridgehead atoms. The Labute approximate surface area is 138 Å². The molecule has 2 N–H and O–H groups in total. The zero-order valence-corrected chi connectivity index (χ0v) is 14.3. The SMILES string of the molecule is Cc1cc(C(NS(=O)(=O)c2c(C)cnn2C)C(=O)O)ccc1Cl. The summed E-state index contributed by atoms with van der Waals surface area (Å²) in [5, 5.41) is 13.7. The Kier molecular flexibility index (Phi) is 4.79. The first-order valence-corrected chi connectivity index (χ1v) is 8.49. The highest BCUT2D eigenvalue weighted by Crippen LogP contribution is 2.23. The van der Waals surface area contributed by atoms with E-state index in [9.17, 15) is 18.3 Å². The summed E-state index contributed by atoms with van der Waals surface area (Å²) < 4.78 is 28.4. The summed E-state index contributed by atoms with van der Waals surface area (Å²) in [4.78, 5) is 11.5. The summed E-state index contributed by atoms with van der Waals surface area (Å²) in [6.07, 6.45) is 1.40. The minimum Gasteiger partial charge on any atom is -0.480 e. The molecule has 1 heterocycles. The maximum absolute atomic E-state index is 12.5. The highest BCUT2D eigenvalue weighted by atomic mass is 35.5. The Morgan fingerprint density at radius 1 is 1.35 bits per heavy atom. The van der Waals surface area contributed by atoms with Crippen molar-refractivity contribution in [3.63, 3.8) is 0 Å². The molecule has 0 fully saturated rings. The first-order chi connectivity index (χ1) is 10.6. The normalized spacial score (nSPS) is 13.0. The lowest BCUT2D eigenvalue weighted by atomic mass is 10.1. The van der Waals surface area contributed by atoms with Gasteiger partial charge in [0.05, 0.1) is 6.20 Å². The molecule has 0 radical (unpaired) electrons. The Balaban J connectivity index is 2.44. The molecule has 0 aliphatic rings. The molecule has 124 valence electrons. The number of rotatable bonds is 5. The Morgan fingerprint density at radius 2 is 2.00 bits per heavy atom. The fourth-order valence-corrected chi connectivity index (χ4v) is 3.89. The lowest BCUT2D eigenvalue weighted by Gasteiger charge is -2.16. The molecule has 0 spiro atoms. The number of hydrogen-bond acceptors (Lipinski definition) is 4. The third-order valence-electron chi connectivity index (χ3n) is 3.35. The van der Waals surface area contributed by atoms with Gasteiger partial charge in [0.2, 0.25) is 0 Å². The van der Waals surface area contributed by atoms with E-state index in [0.717, 1.165) is 0 Å². The number of halogens is 1. The molecule has 1 atom stereocenters. The van der Waals surface area contributed by atoms with Crippen molar-refractivity contribution < 1.29 is 18.3 Å². The van der Waals surface area contributed by atoms with Crippen LogP contribution in [0.3, 0.4) is 0 Å². The molecule has 1 aromatic carbocycles. The molecule has 0 amide bonds. The van der Waals surface area contributed by atoms with E-state index in [0.29, 0.717) is 21.7 Å². The third-order valence-corrected chi connectivity index (χ3v) is 5.41. The second kappa shape index (κ2) is 6.31. The maximum Gasteiger partial charge on any atom is 0.326 e. The van der Waals surface area contributed by atoms with Crippen molar-refractivity contribution >= 4 is 27.6 Å². The van der Waals surface area contributed by atoms with Crippen LogP contribution >= 0.6 is 11.6 Å². The molecule has 9 heteroatoms. The highest BCUT2D eigenvalue weighted by molar-refractivity contribution is 7.89. The summed E-state index contributed by atoms with van der Waals surface area (Å²) in [7, 11) is -2.58. The predicted molar refractivity (Wildman–Crippen MR) is 84.8 cm³/mol. The van der Waals surface area contributed by atoms with Gasteiger partial charge in [-0.15, -0.1) is 0 Å². The predicted octanol–water partition coefficient (Wildman–Crippen LogP) is 1.79. The van der Waals surface area contributed by atoms with Crippen LogP contribution < -0.4 is 4.72 Å². The molecule has 2 rings (SSSR count). The standard InChI is InChI=1S/C14H16ClN3O4S/c1-8-6-10(4-5-11(8)15)12(14(19)20)17-23(21,22)13-9(2)7-16-18(13)3/h4-7,12,17H,1-3H3,(H,19,20). The van der Waals surface area contributed by atoms with Gasteiger partial charge in [-0.2, -0.15) is 9.82 Å². The van der Waals surface area contributed by atoms with E-state index < -0.39 is 22.0 Å². The van der Waals surface area contributed by atoms with Gasteiger partial charge >= 0.3 is 5.97 Å². The number of sulfonamides is 1. The number of carboxylic acids is 1. The molecule has 7 nitrogen and oxygen atoms in total. The number of carbonyl (C=O) groups is 1. The van der Waals surface area contributed by atoms with Crippen molar-refractivity contribution in [1.82, 2.24) is 14.5 Å². The number of aryl methyl sites for hydroxylation is 3. The van der Waals surface area contributed by atoms with Crippen LogP contribution in [0.4, 0.5) is 0 Å². The molecule has 2 aromatic rings. The molecular formula is C14H16ClN3O4S. The molecule has 1 aromatic heterocycles. The minimum absolute atomic E-state index is 0.0746. The second-order valence-corrected chi connectivity index (χ2v) is 7.19. The first-order valence-electron chi connectivity index (χ1n) is 6.63. The summed E-state index contributed by atoms with van der Waals surface area (Å²) in [5.41, 5.74) is 1.38. The number of aliphatic carboxylic acids is 1. The fourth-order valence-electron chi connectivity index (χ4n) is 2.24. The van der Waals surface area contributed by atoms with Crippen LogP contribution in [-0.4, -0.2) is 29.3 Å². The van der Waals surface area contributed by atoms with Crippen LogP contribution in [0.25, 0.3) is 0 Å². The van der Waals surface area contributed by atoms with Gasteiger partial charge in [-0.05, 0) is 31.0 Å². The highest BCUT2D eigenvalue weighted by Gasteiger charge is 2.30. The van der Waals surface area contributed by atoms with Crippen LogP contribution in [0.1, 0.15) is 22.7 Å². The number of carboxylic acid groups (broad SMARTS) is 1. The van der Waals surface area contributed by atoms with Crippen molar-refractivity contribution in [1.29, 1.82) is 0 Å². The van der Waals surface area contributed by atoms with Crippen molar-refractivity contribution in [3.05, 3.63) is 46.1 Å². The zero-order chi connectivity index (χ0) is 17.4. The third kappa shape index (κ3) is 3.54. The van der Waals surface area contributed by atoms with Crippen LogP contribution in [0.5, 0.6) is 0 Å². The monoisotopic (exact) mass is 357 g/mol. The van der Waals surface area contributed by atoms with E-state index in [-0.39, 0.29) is 5.03 Å². The largest absolute Gasteiger partial charge is 0.480 e. The van der Waals surface area contributed by atoms with E-state index in [1.807, 2.05) is 0 Å². The van der Waals surface area contributed by atoms with Gasteiger partial charge in [-0.3, -0.25) is 9.48 Å². The molecule has 0 saturated heterocycles. The quantitative estimate of drug-likeness (QED) is 0.849. The second-order valence-electron chi connectivity index (χ2n) is 5.16. The summed E-state index contributed by atoms with van der Waals surface area (Å²) in [6, 6.07) is 3.13. The molecule has 0 aliphatic carbocycles. The van der Waals surface area contributed by atoms with E-state index in [2.05, 4.69) is 9.82 Å². The average molecular weight is 358 g/mol. The maximum atomic E-state index is 12.5. The molecule has 0 saturated carbocycles. The van der Waals surface area contributed by atoms with E-state index in [4.69, 9.17) is 11.6 Å². The van der Waals surface area contributed by atoms with Gasteiger partial charge in [0, 0.05) is 17.6 Å². The van der Waals surface area contributed by atoms with Crippen LogP contribution in [-0.2, 0) is 21.9 Å². The summed E-state index contributed by atoms with van der Waals surface area (Å²) >= 11 is 5.92. The van der Waals surface area contributed by atoms with E-state index >= 15 is 0 Å². The lowest BCUT2D eigenvalue weighted by molar-refractivity contribution is -0.139. The van der Waals surface area contributed by atoms with Crippen molar-refractivity contribution in [2.45, 2.75) is 24.9 Å². The van der Waals surface area contributed by atoms with Crippen LogP contribution in [0, 0.1) is 13.8 Å². The fraction of sp³-hybridized carbons (Fsp3) is 0.286. The number of benzene rings is 1. The van der Waals surface area contributed by atoms with Crippen molar-refractivity contribution in [3.8, 4) is 0 Å². The topological polar surface area (TPSA) is 101 Å². The molecule has 1 unspecified atom stereocenters. The Morgan fingerprint density at radius 3 is 2.48 bits per heavy atom. The lowest BCUT2D eigenvalue weighted by Crippen LogP contribution is -2.35. The number of aromatic nitrogens is 2. The van der Waals surface area contributed by atoms with Crippen molar-refractivity contribution in [2.75, 3.05) is 0 Å². The molecule has 0 aliphatic heterocycles.